The molecule has 0 radical (unpaired) electrons. The molecular formula is C8H17Cl2NO2. The Morgan fingerprint density at radius 1 is 1.23 bits per heavy atom. The highest BCUT2D eigenvalue weighted by Gasteiger charge is 2.13. The van der Waals surface area contributed by atoms with E-state index in [-0.39, 0.29) is 30.8 Å². The van der Waals surface area contributed by atoms with Crippen LogP contribution < -0.4 is 0 Å². The lowest BCUT2D eigenvalue weighted by atomic mass is 10.2. The predicted octanol–water partition coefficient (Wildman–Crippen LogP) is 2.18. The van der Waals surface area contributed by atoms with Gasteiger partial charge >= 0.3 is 5.97 Å². The minimum absolute atomic E-state index is 0. The smallest absolute Gasteiger partial charge is 0.324 e. The number of hydrogen-bond acceptors (Lipinski definition) is 3. The van der Waals surface area contributed by atoms with Crippen molar-refractivity contribution in [2.45, 2.75) is 32.6 Å². The van der Waals surface area contributed by atoms with E-state index >= 15 is 0 Å². The summed E-state index contributed by atoms with van der Waals surface area (Å²) < 4.78 is 0. The molecule has 0 N–H and O–H groups in total. The van der Waals surface area contributed by atoms with Gasteiger partial charge in [-0.25, -0.2) is 0 Å². The molecule has 0 amide bonds. The second kappa shape index (κ2) is 8.60. The average molecular weight is 230 g/mol. The van der Waals surface area contributed by atoms with E-state index in [1.54, 1.807) is 5.06 Å². The fraction of sp³-hybridized carbons (Fsp3) is 0.875. The van der Waals surface area contributed by atoms with Crippen molar-refractivity contribution >= 4 is 30.8 Å². The molecule has 1 aliphatic heterocycles. The van der Waals surface area contributed by atoms with Crippen molar-refractivity contribution in [3.8, 4) is 0 Å². The highest BCUT2D eigenvalue weighted by Crippen LogP contribution is 2.08. The lowest BCUT2D eigenvalue weighted by Gasteiger charge is -2.24. The maximum atomic E-state index is 10.8. The third-order valence-corrected chi connectivity index (χ3v) is 1.83. The minimum Gasteiger partial charge on any atom is -0.368 e. The SMILES string of the molecule is CCC(=O)ON1CCCCC1.Cl.Cl. The van der Waals surface area contributed by atoms with Crippen molar-refractivity contribution in [2.24, 2.45) is 0 Å². The number of nitrogens with zero attached hydrogens (tertiary/aromatic N) is 1. The first-order valence-electron chi connectivity index (χ1n) is 4.28. The Balaban J connectivity index is 0. The van der Waals surface area contributed by atoms with Gasteiger partial charge in [0.1, 0.15) is 0 Å². The van der Waals surface area contributed by atoms with Gasteiger partial charge < -0.3 is 4.84 Å². The summed E-state index contributed by atoms with van der Waals surface area (Å²) in [6, 6.07) is 0. The van der Waals surface area contributed by atoms with Crippen LogP contribution in [0.25, 0.3) is 0 Å². The zero-order valence-electron chi connectivity index (χ0n) is 7.82. The van der Waals surface area contributed by atoms with Gasteiger partial charge in [0, 0.05) is 19.5 Å². The van der Waals surface area contributed by atoms with Crippen LogP contribution >= 0.6 is 24.8 Å². The van der Waals surface area contributed by atoms with E-state index in [1.165, 1.54) is 6.42 Å². The maximum absolute atomic E-state index is 10.8. The Bertz CT molecular complexity index is 138. The van der Waals surface area contributed by atoms with Gasteiger partial charge in [-0.15, -0.1) is 29.9 Å². The molecule has 1 aliphatic rings. The highest BCUT2D eigenvalue weighted by atomic mass is 35.5. The molecule has 0 aromatic carbocycles. The Morgan fingerprint density at radius 2 is 1.77 bits per heavy atom. The molecule has 80 valence electrons. The van der Waals surface area contributed by atoms with E-state index in [2.05, 4.69) is 0 Å². The van der Waals surface area contributed by atoms with E-state index in [0.717, 1.165) is 25.9 Å². The van der Waals surface area contributed by atoms with Gasteiger partial charge in [-0.1, -0.05) is 13.3 Å². The Labute approximate surface area is 91.6 Å². The van der Waals surface area contributed by atoms with Crippen LogP contribution in [0.3, 0.4) is 0 Å². The molecule has 0 aromatic heterocycles. The molecule has 0 saturated carbocycles. The van der Waals surface area contributed by atoms with Gasteiger partial charge in [-0.05, 0) is 12.8 Å². The summed E-state index contributed by atoms with van der Waals surface area (Å²) >= 11 is 0. The van der Waals surface area contributed by atoms with Crippen LogP contribution in [0.1, 0.15) is 32.6 Å². The summed E-state index contributed by atoms with van der Waals surface area (Å²) in [5.74, 6) is -0.119. The van der Waals surface area contributed by atoms with Gasteiger partial charge in [0.2, 0.25) is 0 Å². The molecule has 1 heterocycles. The largest absolute Gasteiger partial charge is 0.368 e. The first-order valence-corrected chi connectivity index (χ1v) is 4.28. The van der Waals surface area contributed by atoms with E-state index in [1.807, 2.05) is 6.92 Å². The molecule has 1 rings (SSSR count). The van der Waals surface area contributed by atoms with Crippen molar-refractivity contribution in [3.05, 3.63) is 0 Å². The van der Waals surface area contributed by atoms with E-state index in [4.69, 9.17) is 4.84 Å². The van der Waals surface area contributed by atoms with Crippen LogP contribution in [0.2, 0.25) is 0 Å². The second-order valence-corrected chi connectivity index (χ2v) is 2.81. The van der Waals surface area contributed by atoms with Gasteiger partial charge in [0.05, 0.1) is 0 Å². The molecule has 13 heavy (non-hydrogen) atoms. The molecule has 0 aliphatic carbocycles. The zero-order chi connectivity index (χ0) is 8.10. The summed E-state index contributed by atoms with van der Waals surface area (Å²) in [4.78, 5) is 15.9. The number of hydrogen-bond donors (Lipinski definition) is 0. The first kappa shape index (κ1) is 15.5. The molecule has 0 spiro atoms. The molecule has 0 atom stereocenters. The molecule has 3 nitrogen and oxygen atoms in total. The highest BCUT2D eigenvalue weighted by molar-refractivity contribution is 5.85. The number of carbonyl (C=O) groups excluding carboxylic acids is 1. The standard InChI is InChI=1S/C8H15NO2.2ClH/c1-2-8(10)11-9-6-4-3-5-7-9;;/h2-7H2,1H3;2*1H. The second-order valence-electron chi connectivity index (χ2n) is 2.81. The van der Waals surface area contributed by atoms with Crippen molar-refractivity contribution in [3.63, 3.8) is 0 Å². The maximum Gasteiger partial charge on any atom is 0.324 e. The lowest BCUT2D eigenvalue weighted by molar-refractivity contribution is -0.193. The van der Waals surface area contributed by atoms with Gasteiger partial charge in [-0.3, -0.25) is 4.79 Å². The summed E-state index contributed by atoms with van der Waals surface area (Å²) in [6.45, 7) is 3.63. The lowest BCUT2D eigenvalue weighted by Crippen LogP contribution is -2.32. The van der Waals surface area contributed by atoms with Crippen LogP contribution in [-0.2, 0) is 9.63 Å². The number of hydroxylamine groups is 2. The normalized spacial score (nSPS) is 16.7. The first-order chi connectivity index (χ1) is 5.33. The summed E-state index contributed by atoms with van der Waals surface area (Å²) in [7, 11) is 0. The van der Waals surface area contributed by atoms with E-state index in [0.29, 0.717) is 6.42 Å². The predicted molar refractivity (Wildman–Crippen MR) is 56.3 cm³/mol. The number of carbonyl (C=O) groups is 1. The molecule has 0 aromatic rings. The Kier molecular flexibility index (Phi) is 10.2. The molecule has 0 bridgehead atoms. The van der Waals surface area contributed by atoms with Crippen LogP contribution in [0.15, 0.2) is 0 Å². The van der Waals surface area contributed by atoms with Crippen molar-refractivity contribution in [1.29, 1.82) is 0 Å². The number of halogens is 2. The monoisotopic (exact) mass is 229 g/mol. The number of piperidine rings is 1. The van der Waals surface area contributed by atoms with Crippen LogP contribution in [0, 0.1) is 0 Å². The topological polar surface area (TPSA) is 29.5 Å². The van der Waals surface area contributed by atoms with Gasteiger partial charge in [-0.2, -0.15) is 0 Å². The molecule has 5 heteroatoms. The van der Waals surface area contributed by atoms with Crippen molar-refractivity contribution in [2.75, 3.05) is 13.1 Å². The van der Waals surface area contributed by atoms with Crippen molar-refractivity contribution in [1.82, 2.24) is 5.06 Å². The fourth-order valence-corrected chi connectivity index (χ4v) is 1.16. The van der Waals surface area contributed by atoms with Crippen LogP contribution in [-0.4, -0.2) is 24.1 Å². The van der Waals surface area contributed by atoms with Gasteiger partial charge in [0.25, 0.3) is 0 Å². The third kappa shape index (κ3) is 6.13. The van der Waals surface area contributed by atoms with Crippen LogP contribution in [0.5, 0.6) is 0 Å². The summed E-state index contributed by atoms with van der Waals surface area (Å²) in [6.07, 6.45) is 4.03. The van der Waals surface area contributed by atoms with E-state index in [9.17, 15) is 4.79 Å². The molecular weight excluding hydrogens is 213 g/mol. The summed E-state index contributed by atoms with van der Waals surface area (Å²) in [5.41, 5.74) is 0. The van der Waals surface area contributed by atoms with E-state index < -0.39 is 0 Å². The minimum atomic E-state index is -0.119. The third-order valence-electron chi connectivity index (χ3n) is 1.83. The van der Waals surface area contributed by atoms with Crippen LogP contribution in [0.4, 0.5) is 0 Å². The number of rotatable bonds is 2. The molecule has 1 fully saturated rings. The van der Waals surface area contributed by atoms with Crippen molar-refractivity contribution < 1.29 is 9.63 Å². The quantitative estimate of drug-likeness (QED) is 0.728. The fourth-order valence-electron chi connectivity index (χ4n) is 1.16. The Hall–Kier alpha value is 0.01000. The zero-order valence-corrected chi connectivity index (χ0v) is 9.46. The molecule has 0 unspecified atom stereocenters. The Morgan fingerprint density at radius 3 is 2.23 bits per heavy atom. The summed E-state index contributed by atoms with van der Waals surface area (Å²) in [5, 5.41) is 1.77. The van der Waals surface area contributed by atoms with Gasteiger partial charge in [0.15, 0.2) is 0 Å². The average Bonchev–Trinajstić information content (AvgIpc) is 2.06. The molecule has 1 saturated heterocycles.